The van der Waals surface area contributed by atoms with Crippen molar-refractivity contribution in [2.75, 3.05) is 13.2 Å². The molecule has 20 heavy (non-hydrogen) atoms. The number of aliphatic hydroxyl groups excluding tert-OH is 1. The highest BCUT2D eigenvalue weighted by Gasteiger charge is 2.11. The Bertz CT molecular complexity index is 416. The summed E-state index contributed by atoms with van der Waals surface area (Å²) in [5, 5.41) is 11.9. The van der Waals surface area contributed by atoms with E-state index in [2.05, 4.69) is 24.1 Å². The maximum absolute atomic E-state index is 11.7. The molecule has 0 radical (unpaired) electrons. The molecule has 110 valence electrons. The molecule has 0 aliphatic rings. The van der Waals surface area contributed by atoms with E-state index in [1.54, 1.807) is 18.5 Å². The number of nitrogens with one attached hydrogen (secondary N) is 1. The second kappa shape index (κ2) is 9.26. The minimum atomic E-state index is -0.111. The van der Waals surface area contributed by atoms with E-state index in [1.165, 1.54) is 6.08 Å². The van der Waals surface area contributed by atoms with E-state index in [1.807, 2.05) is 12.1 Å². The molecule has 1 heterocycles. The largest absolute Gasteiger partial charge is 0.396 e. The van der Waals surface area contributed by atoms with Crippen LogP contribution >= 0.6 is 0 Å². The maximum atomic E-state index is 11.7. The molecule has 0 aromatic carbocycles. The molecule has 1 atom stereocenters. The minimum Gasteiger partial charge on any atom is -0.396 e. The number of rotatable bonds is 8. The fourth-order valence-electron chi connectivity index (χ4n) is 2.10. The SMILES string of the molecule is CC(C)CC(CCO)CNC(=O)/C=C/c1cccnc1. The topological polar surface area (TPSA) is 62.2 Å². The molecule has 0 fully saturated rings. The van der Waals surface area contributed by atoms with Gasteiger partial charge in [0.2, 0.25) is 5.91 Å². The van der Waals surface area contributed by atoms with Gasteiger partial charge in [-0.3, -0.25) is 9.78 Å². The van der Waals surface area contributed by atoms with Gasteiger partial charge in [-0.15, -0.1) is 0 Å². The van der Waals surface area contributed by atoms with E-state index in [9.17, 15) is 4.79 Å². The Morgan fingerprint density at radius 2 is 2.30 bits per heavy atom. The van der Waals surface area contributed by atoms with Crippen molar-refractivity contribution in [2.24, 2.45) is 11.8 Å². The van der Waals surface area contributed by atoms with Crippen LogP contribution in [0.15, 0.2) is 30.6 Å². The molecule has 0 bridgehead atoms. The lowest BCUT2D eigenvalue weighted by Crippen LogP contribution is -2.29. The molecule has 1 rings (SSSR count). The summed E-state index contributed by atoms with van der Waals surface area (Å²) in [6.07, 6.45) is 8.39. The first-order chi connectivity index (χ1) is 9.61. The summed E-state index contributed by atoms with van der Waals surface area (Å²) in [6.45, 7) is 5.07. The monoisotopic (exact) mass is 276 g/mol. The molecule has 0 aliphatic carbocycles. The number of amides is 1. The van der Waals surface area contributed by atoms with Crippen LogP contribution in [-0.4, -0.2) is 29.1 Å². The van der Waals surface area contributed by atoms with Crippen molar-refractivity contribution in [1.82, 2.24) is 10.3 Å². The van der Waals surface area contributed by atoms with Crippen LogP contribution in [-0.2, 0) is 4.79 Å². The van der Waals surface area contributed by atoms with Crippen LogP contribution in [0.5, 0.6) is 0 Å². The highest BCUT2D eigenvalue weighted by atomic mass is 16.3. The zero-order chi connectivity index (χ0) is 14.8. The molecular weight excluding hydrogens is 252 g/mol. The van der Waals surface area contributed by atoms with Crippen LogP contribution in [0.4, 0.5) is 0 Å². The average molecular weight is 276 g/mol. The number of aromatic nitrogens is 1. The predicted molar refractivity (Wildman–Crippen MR) is 80.9 cm³/mol. The molecule has 4 nitrogen and oxygen atoms in total. The Hall–Kier alpha value is -1.68. The Balaban J connectivity index is 2.39. The summed E-state index contributed by atoms with van der Waals surface area (Å²) in [5.41, 5.74) is 0.900. The lowest BCUT2D eigenvalue weighted by molar-refractivity contribution is -0.116. The molecule has 1 aromatic rings. The highest BCUT2D eigenvalue weighted by molar-refractivity contribution is 5.91. The summed E-state index contributed by atoms with van der Waals surface area (Å²) in [4.78, 5) is 15.7. The van der Waals surface area contributed by atoms with E-state index in [0.29, 0.717) is 18.4 Å². The summed E-state index contributed by atoms with van der Waals surface area (Å²) in [5.74, 6) is 0.783. The smallest absolute Gasteiger partial charge is 0.244 e. The van der Waals surface area contributed by atoms with Gasteiger partial charge in [0.15, 0.2) is 0 Å². The third-order valence-corrected chi connectivity index (χ3v) is 3.02. The van der Waals surface area contributed by atoms with Gasteiger partial charge in [0.1, 0.15) is 0 Å². The summed E-state index contributed by atoms with van der Waals surface area (Å²) in [7, 11) is 0. The Morgan fingerprint density at radius 1 is 1.50 bits per heavy atom. The lowest BCUT2D eigenvalue weighted by atomic mass is 9.94. The third kappa shape index (κ3) is 7.04. The van der Waals surface area contributed by atoms with Crippen LogP contribution in [0.2, 0.25) is 0 Å². The molecule has 1 unspecified atom stereocenters. The molecule has 4 heteroatoms. The van der Waals surface area contributed by atoms with E-state index >= 15 is 0 Å². The van der Waals surface area contributed by atoms with Gasteiger partial charge < -0.3 is 10.4 Å². The summed E-state index contributed by atoms with van der Waals surface area (Å²) in [6, 6.07) is 3.72. The van der Waals surface area contributed by atoms with Crippen LogP contribution in [0.1, 0.15) is 32.3 Å². The normalized spacial score (nSPS) is 12.8. The van der Waals surface area contributed by atoms with Gasteiger partial charge in [-0.1, -0.05) is 19.9 Å². The Morgan fingerprint density at radius 3 is 2.90 bits per heavy atom. The first kappa shape index (κ1) is 16.4. The number of nitrogens with zero attached hydrogens (tertiary/aromatic N) is 1. The summed E-state index contributed by atoms with van der Waals surface area (Å²) >= 11 is 0. The van der Waals surface area contributed by atoms with Gasteiger partial charge in [-0.2, -0.15) is 0 Å². The molecule has 0 saturated heterocycles. The van der Waals surface area contributed by atoms with Crippen molar-refractivity contribution in [3.63, 3.8) is 0 Å². The van der Waals surface area contributed by atoms with Crippen molar-refractivity contribution in [2.45, 2.75) is 26.7 Å². The predicted octanol–water partition coefficient (Wildman–Crippen LogP) is 2.26. The van der Waals surface area contributed by atoms with Gasteiger partial charge in [0.05, 0.1) is 0 Å². The van der Waals surface area contributed by atoms with Gasteiger partial charge in [-0.25, -0.2) is 0 Å². The number of hydrogen-bond donors (Lipinski definition) is 2. The lowest BCUT2D eigenvalue weighted by Gasteiger charge is -2.18. The van der Waals surface area contributed by atoms with Crippen LogP contribution in [0.3, 0.4) is 0 Å². The van der Waals surface area contributed by atoms with E-state index in [-0.39, 0.29) is 12.5 Å². The molecule has 0 saturated carbocycles. The van der Waals surface area contributed by atoms with Crippen LogP contribution < -0.4 is 5.32 Å². The first-order valence-electron chi connectivity index (χ1n) is 7.08. The molecular formula is C16H24N2O2. The number of pyridine rings is 1. The zero-order valence-corrected chi connectivity index (χ0v) is 12.2. The van der Waals surface area contributed by atoms with Gasteiger partial charge in [0.25, 0.3) is 0 Å². The molecule has 0 spiro atoms. The van der Waals surface area contributed by atoms with E-state index in [4.69, 9.17) is 5.11 Å². The first-order valence-corrected chi connectivity index (χ1v) is 7.08. The Kier molecular flexibility index (Phi) is 7.58. The van der Waals surface area contributed by atoms with Crippen molar-refractivity contribution < 1.29 is 9.90 Å². The fraction of sp³-hybridized carbons (Fsp3) is 0.500. The van der Waals surface area contributed by atoms with E-state index in [0.717, 1.165) is 18.4 Å². The summed E-state index contributed by atoms with van der Waals surface area (Å²) < 4.78 is 0. The second-order valence-corrected chi connectivity index (χ2v) is 5.37. The van der Waals surface area contributed by atoms with Crippen molar-refractivity contribution >= 4 is 12.0 Å². The van der Waals surface area contributed by atoms with Crippen molar-refractivity contribution in [1.29, 1.82) is 0 Å². The molecule has 2 N–H and O–H groups in total. The third-order valence-electron chi connectivity index (χ3n) is 3.02. The standard InChI is InChI=1S/C16H24N2O2/c1-13(2)10-15(7-9-19)12-18-16(20)6-5-14-4-3-8-17-11-14/h3-6,8,11,13,15,19H,7,9-10,12H2,1-2H3,(H,18,20)/b6-5+. The number of carbonyl (C=O) groups excluding carboxylic acids is 1. The second-order valence-electron chi connectivity index (χ2n) is 5.37. The number of carbonyl (C=O) groups is 1. The highest BCUT2D eigenvalue weighted by Crippen LogP contribution is 2.14. The van der Waals surface area contributed by atoms with Crippen molar-refractivity contribution in [3.8, 4) is 0 Å². The molecule has 1 aromatic heterocycles. The zero-order valence-electron chi connectivity index (χ0n) is 12.2. The fourth-order valence-corrected chi connectivity index (χ4v) is 2.10. The van der Waals surface area contributed by atoms with Crippen LogP contribution in [0, 0.1) is 11.8 Å². The number of hydrogen-bond acceptors (Lipinski definition) is 3. The van der Waals surface area contributed by atoms with Gasteiger partial charge in [-0.05, 0) is 42.4 Å². The average Bonchev–Trinajstić information content (AvgIpc) is 2.43. The molecule has 1 amide bonds. The minimum absolute atomic E-state index is 0.111. The van der Waals surface area contributed by atoms with Gasteiger partial charge >= 0.3 is 0 Å². The van der Waals surface area contributed by atoms with E-state index < -0.39 is 0 Å². The quantitative estimate of drug-likeness (QED) is 0.716. The number of aliphatic hydroxyl groups is 1. The maximum Gasteiger partial charge on any atom is 0.244 e. The molecule has 0 aliphatic heterocycles. The van der Waals surface area contributed by atoms with Gasteiger partial charge in [0, 0.05) is 31.6 Å². The van der Waals surface area contributed by atoms with Crippen LogP contribution in [0.25, 0.3) is 6.08 Å². The Labute approximate surface area is 120 Å². The van der Waals surface area contributed by atoms with Crippen molar-refractivity contribution in [3.05, 3.63) is 36.2 Å².